The molecule has 1 N–H and O–H groups in total. The summed E-state index contributed by atoms with van der Waals surface area (Å²) < 4.78 is 0. The van der Waals surface area contributed by atoms with Crippen molar-refractivity contribution in [2.45, 2.75) is 6.92 Å². The molecule has 2 heteroatoms. The Morgan fingerprint density at radius 2 is 2.18 bits per heavy atom. The van der Waals surface area contributed by atoms with E-state index in [2.05, 4.69) is 0 Å². The Balaban J connectivity index is 3.05. The summed E-state index contributed by atoms with van der Waals surface area (Å²) in [5.41, 5.74) is 0.996. The molecule has 0 radical (unpaired) electrons. The quantitative estimate of drug-likeness (QED) is 0.684. The molecule has 0 aromatic heterocycles. The predicted molar refractivity (Wildman–Crippen MR) is 47.8 cm³/mol. The molecule has 0 unspecified atom stereocenters. The second-order valence-corrected chi connectivity index (χ2v) is 2.62. The monoisotopic (exact) mass is 168 g/mol. The summed E-state index contributed by atoms with van der Waals surface area (Å²) in [6.45, 7) is 1.93. The molecule has 1 rings (SSSR count). The lowest BCUT2D eigenvalue weighted by molar-refractivity contribution is 0.475. The first kappa shape index (κ1) is 8.15. The lowest BCUT2D eigenvalue weighted by atomic mass is 10.2. The minimum absolute atomic E-state index is 0.125. The van der Waals surface area contributed by atoms with E-state index in [1.165, 1.54) is 0 Å². The maximum absolute atomic E-state index is 9.06. The number of benzene rings is 1. The number of phenolic OH excluding ortho intramolecular Hbond substituents is 1. The van der Waals surface area contributed by atoms with Crippen LogP contribution in [0.1, 0.15) is 12.5 Å². The number of allylic oxidation sites excluding steroid dienone is 1. The van der Waals surface area contributed by atoms with Crippen molar-refractivity contribution >= 4 is 17.7 Å². The first-order valence-corrected chi connectivity index (χ1v) is 3.73. The van der Waals surface area contributed by atoms with Crippen molar-refractivity contribution in [2.24, 2.45) is 0 Å². The summed E-state index contributed by atoms with van der Waals surface area (Å²) in [6.07, 6.45) is 3.84. The van der Waals surface area contributed by atoms with Gasteiger partial charge in [0, 0.05) is 0 Å². The molecule has 0 atom stereocenters. The van der Waals surface area contributed by atoms with Crippen molar-refractivity contribution in [3.63, 3.8) is 0 Å². The van der Waals surface area contributed by atoms with E-state index in [0.717, 1.165) is 5.56 Å². The first-order valence-electron chi connectivity index (χ1n) is 3.35. The number of phenols is 1. The Hall–Kier alpha value is -0.950. The van der Waals surface area contributed by atoms with E-state index >= 15 is 0 Å². The van der Waals surface area contributed by atoms with E-state index in [1.54, 1.807) is 18.2 Å². The van der Waals surface area contributed by atoms with Crippen LogP contribution in [0.25, 0.3) is 6.08 Å². The molecule has 0 spiro atoms. The molecular weight excluding hydrogens is 160 g/mol. The van der Waals surface area contributed by atoms with Crippen LogP contribution in [0.4, 0.5) is 0 Å². The molecule has 0 heterocycles. The van der Waals surface area contributed by atoms with Gasteiger partial charge in [-0.1, -0.05) is 29.8 Å². The molecule has 11 heavy (non-hydrogen) atoms. The SMILES string of the molecule is C/C=C\c1ccc(O)c(Cl)c1. The second-order valence-electron chi connectivity index (χ2n) is 2.21. The van der Waals surface area contributed by atoms with Gasteiger partial charge in [0.15, 0.2) is 0 Å². The molecule has 0 amide bonds. The fraction of sp³-hybridized carbons (Fsp3) is 0.111. The summed E-state index contributed by atoms with van der Waals surface area (Å²) in [7, 11) is 0. The maximum atomic E-state index is 9.06. The van der Waals surface area contributed by atoms with Crippen LogP contribution in [0.5, 0.6) is 5.75 Å². The lowest BCUT2D eigenvalue weighted by Gasteiger charge is -1.96. The Kier molecular flexibility index (Phi) is 2.55. The molecular formula is C9H9ClO. The summed E-state index contributed by atoms with van der Waals surface area (Å²) in [4.78, 5) is 0. The highest BCUT2D eigenvalue weighted by Gasteiger charge is 1.95. The van der Waals surface area contributed by atoms with Crippen molar-refractivity contribution in [3.8, 4) is 5.75 Å². The van der Waals surface area contributed by atoms with Gasteiger partial charge >= 0.3 is 0 Å². The summed E-state index contributed by atoms with van der Waals surface area (Å²) in [5.74, 6) is 0.125. The van der Waals surface area contributed by atoms with Gasteiger partial charge in [0.05, 0.1) is 5.02 Å². The van der Waals surface area contributed by atoms with Crippen LogP contribution in [-0.4, -0.2) is 5.11 Å². The van der Waals surface area contributed by atoms with Crippen LogP contribution in [0.15, 0.2) is 24.3 Å². The van der Waals surface area contributed by atoms with Crippen molar-refractivity contribution in [2.75, 3.05) is 0 Å². The molecule has 0 fully saturated rings. The molecule has 1 nitrogen and oxygen atoms in total. The largest absolute Gasteiger partial charge is 0.506 e. The third kappa shape index (κ3) is 1.99. The lowest BCUT2D eigenvalue weighted by Crippen LogP contribution is -1.72. The summed E-state index contributed by atoms with van der Waals surface area (Å²) in [5, 5.41) is 9.45. The minimum Gasteiger partial charge on any atom is -0.506 e. The second kappa shape index (κ2) is 3.44. The van der Waals surface area contributed by atoms with Crippen LogP contribution in [0, 0.1) is 0 Å². The van der Waals surface area contributed by atoms with Crippen molar-refractivity contribution in [1.82, 2.24) is 0 Å². The Bertz CT molecular complexity index is 279. The number of rotatable bonds is 1. The molecule has 0 aliphatic carbocycles. The van der Waals surface area contributed by atoms with Gasteiger partial charge in [-0.3, -0.25) is 0 Å². The Morgan fingerprint density at radius 3 is 2.73 bits per heavy atom. The predicted octanol–water partition coefficient (Wildman–Crippen LogP) is 3.08. The normalized spacial score (nSPS) is 10.7. The van der Waals surface area contributed by atoms with Crippen LogP contribution >= 0.6 is 11.6 Å². The topological polar surface area (TPSA) is 20.2 Å². The van der Waals surface area contributed by atoms with E-state index in [9.17, 15) is 0 Å². The summed E-state index contributed by atoms with van der Waals surface area (Å²) >= 11 is 5.67. The average molecular weight is 169 g/mol. The fourth-order valence-electron chi connectivity index (χ4n) is 0.819. The van der Waals surface area contributed by atoms with Gasteiger partial charge < -0.3 is 5.11 Å². The van der Waals surface area contributed by atoms with E-state index in [4.69, 9.17) is 16.7 Å². The van der Waals surface area contributed by atoms with Crippen molar-refractivity contribution in [1.29, 1.82) is 0 Å². The number of aromatic hydroxyl groups is 1. The van der Waals surface area contributed by atoms with E-state index in [-0.39, 0.29) is 5.75 Å². The van der Waals surface area contributed by atoms with Crippen LogP contribution in [0.3, 0.4) is 0 Å². The molecule has 0 bridgehead atoms. The maximum Gasteiger partial charge on any atom is 0.134 e. The zero-order chi connectivity index (χ0) is 8.27. The zero-order valence-corrected chi connectivity index (χ0v) is 6.97. The Morgan fingerprint density at radius 1 is 1.45 bits per heavy atom. The van der Waals surface area contributed by atoms with Gasteiger partial charge in [0.2, 0.25) is 0 Å². The zero-order valence-electron chi connectivity index (χ0n) is 6.21. The van der Waals surface area contributed by atoms with Crippen LogP contribution in [-0.2, 0) is 0 Å². The third-order valence-corrected chi connectivity index (χ3v) is 1.63. The van der Waals surface area contributed by atoms with Gasteiger partial charge in [-0.25, -0.2) is 0 Å². The molecule has 0 saturated carbocycles. The van der Waals surface area contributed by atoms with Gasteiger partial charge in [0.25, 0.3) is 0 Å². The van der Waals surface area contributed by atoms with Crippen LogP contribution < -0.4 is 0 Å². The standard InChI is InChI=1S/C9H9ClO/c1-2-3-7-4-5-9(11)8(10)6-7/h2-6,11H,1H3/b3-2-. The fourth-order valence-corrected chi connectivity index (χ4v) is 1.01. The molecule has 58 valence electrons. The number of hydrogen-bond donors (Lipinski definition) is 1. The van der Waals surface area contributed by atoms with Gasteiger partial charge in [0.1, 0.15) is 5.75 Å². The van der Waals surface area contributed by atoms with Gasteiger partial charge in [-0.15, -0.1) is 0 Å². The molecule has 0 saturated heterocycles. The van der Waals surface area contributed by atoms with Crippen molar-refractivity contribution in [3.05, 3.63) is 34.9 Å². The summed E-state index contributed by atoms with van der Waals surface area (Å²) in [6, 6.07) is 5.11. The van der Waals surface area contributed by atoms with E-state index in [0.29, 0.717) is 5.02 Å². The number of hydrogen-bond acceptors (Lipinski definition) is 1. The van der Waals surface area contributed by atoms with Crippen LogP contribution in [0.2, 0.25) is 5.02 Å². The number of halogens is 1. The molecule has 0 aliphatic rings. The Labute approximate surface area is 70.9 Å². The van der Waals surface area contributed by atoms with Crippen molar-refractivity contribution < 1.29 is 5.11 Å². The highest BCUT2D eigenvalue weighted by atomic mass is 35.5. The minimum atomic E-state index is 0.125. The van der Waals surface area contributed by atoms with E-state index in [1.807, 2.05) is 19.1 Å². The first-order chi connectivity index (χ1) is 5.24. The van der Waals surface area contributed by atoms with E-state index < -0.39 is 0 Å². The third-order valence-electron chi connectivity index (χ3n) is 1.33. The molecule has 1 aromatic rings. The average Bonchev–Trinajstić information content (AvgIpc) is 1.98. The highest BCUT2D eigenvalue weighted by Crippen LogP contribution is 2.23. The highest BCUT2D eigenvalue weighted by molar-refractivity contribution is 6.32. The molecule has 1 aromatic carbocycles. The van der Waals surface area contributed by atoms with Gasteiger partial charge in [-0.2, -0.15) is 0 Å². The smallest absolute Gasteiger partial charge is 0.134 e. The molecule has 0 aliphatic heterocycles. The van der Waals surface area contributed by atoms with Gasteiger partial charge in [-0.05, 0) is 24.6 Å².